The fourth-order valence-corrected chi connectivity index (χ4v) is 6.05. The highest BCUT2D eigenvalue weighted by molar-refractivity contribution is 7.90. The van der Waals surface area contributed by atoms with Gasteiger partial charge in [-0.3, -0.25) is 0 Å². The summed E-state index contributed by atoms with van der Waals surface area (Å²) in [4.78, 5) is 2.30. The normalized spacial score (nSPS) is 20.1. The largest absolute Gasteiger partial charge is 0.344 e. The van der Waals surface area contributed by atoms with Crippen LogP contribution in [-0.4, -0.2) is 44.3 Å². The van der Waals surface area contributed by atoms with E-state index < -0.39 is 9.84 Å². The fourth-order valence-electron chi connectivity index (χ4n) is 5.40. The number of para-hydroxylation sites is 2. The molecule has 2 aliphatic heterocycles. The van der Waals surface area contributed by atoms with Crippen molar-refractivity contribution in [1.82, 2.24) is 0 Å². The van der Waals surface area contributed by atoms with Crippen molar-refractivity contribution in [3.8, 4) is 0 Å². The van der Waals surface area contributed by atoms with Crippen LogP contribution < -0.4 is 4.90 Å². The first kappa shape index (κ1) is 23.5. The van der Waals surface area contributed by atoms with Crippen LogP contribution in [0.3, 0.4) is 0 Å². The predicted octanol–water partition coefficient (Wildman–Crippen LogP) is 5.37. The molecule has 174 valence electrons. The maximum Gasteiger partial charge on any atom is 0.209 e. The molecule has 0 aliphatic carbocycles. The Morgan fingerprint density at radius 2 is 1.58 bits per heavy atom. The summed E-state index contributed by atoms with van der Waals surface area (Å²) < 4.78 is 25.7. The van der Waals surface area contributed by atoms with E-state index in [1.807, 2.05) is 0 Å². The standard InChI is InChI=1S/C28H35N2O2S/c1-27(2)21-13-7-9-15-23(21)29(5)25(27)17-11-18-26-28(3,4)22-14-8-10-16-24(22)30(26)19-12-20-33(6,31)32/h7-11,13-18H,12,19-20H2,1-6H3/q+1. The van der Waals surface area contributed by atoms with Gasteiger partial charge < -0.3 is 4.90 Å². The van der Waals surface area contributed by atoms with Crippen molar-refractivity contribution >= 4 is 26.9 Å². The van der Waals surface area contributed by atoms with Crippen LogP contribution in [0.2, 0.25) is 0 Å². The molecule has 0 unspecified atom stereocenters. The van der Waals surface area contributed by atoms with Gasteiger partial charge in [0.15, 0.2) is 5.71 Å². The number of nitrogens with zero attached hydrogens (tertiary/aromatic N) is 2. The van der Waals surface area contributed by atoms with E-state index in [1.54, 1.807) is 0 Å². The van der Waals surface area contributed by atoms with Crippen LogP contribution >= 0.6 is 0 Å². The van der Waals surface area contributed by atoms with Gasteiger partial charge in [-0.15, -0.1) is 0 Å². The molecular weight excluding hydrogens is 428 g/mol. The van der Waals surface area contributed by atoms with Crippen molar-refractivity contribution in [3.05, 3.63) is 83.6 Å². The van der Waals surface area contributed by atoms with E-state index in [2.05, 4.69) is 111 Å². The van der Waals surface area contributed by atoms with Gasteiger partial charge in [-0.25, -0.2) is 8.42 Å². The maximum absolute atomic E-state index is 11.7. The Bertz CT molecular complexity index is 1280. The Kier molecular flexibility index (Phi) is 5.90. The Balaban J connectivity index is 1.68. The van der Waals surface area contributed by atoms with Crippen molar-refractivity contribution in [2.75, 3.05) is 30.5 Å². The lowest BCUT2D eigenvalue weighted by atomic mass is 9.81. The Morgan fingerprint density at radius 3 is 2.24 bits per heavy atom. The lowest BCUT2D eigenvalue weighted by Crippen LogP contribution is -2.28. The van der Waals surface area contributed by atoms with E-state index in [0.717, 1.165) is 0 Å². The maximum atomic E-state index is 11.7. The van der Waals surface area contributed by atoms with Crippen molar-refractivity contribution in [1.29, 1.82) is 0 Å². The first-order valence-corrected chi connectivity index (χ1v) is 13.6. The van der Waals surface area contributed by atoms with Crippen LogP contribution in [0, 0.1) is 0 Å². The summed E-state index contributed by atoms with van der Waals surface area (Å²) in [6.45, 7) is 9.72. The smallest absolute Gasteiger partial charge is 0.209 e. The molecule has 33 heavy (non-hydrogen) atoms. The first-order chi connectivity index (χ1) is 15.4. The van der Waals surface area contributed by atoms with Crippen molar-refractivity contribution in [3.63, 3.8) is 0 Å². The zero-order valence-electron chi connectivity index (χ0n) is 20.6. The summed E-state index contributed by atoms with van der Waals surface area (Å²) >= 11 is 0. The van der Waals surface area contributed by atoms with Gasteiger partial charge in [-0.05, 0) is 38.0 Å². The molecule has 0 atom stereocenters. The minimum absolute atomic E-state index is 0.0658. The summed E-state index contributed by atoms with van der Waals surface area (Å²) in [5, 5.41) is 0. The van der Waals surface area contributed by atoms with Gasteiger partial charge in [0, 0.05) is 47.3 Å². The van der Waals surface area contributed by atoms with Crippen LogP contribution in [0.25, 0.3) is 0 Å². The van der Waals surface area contributed by atoms with E-state index in [4.69, 9.17) is 0 Å². The number of sulfone groups is 1. The molecule has 0 saturated heterocycles. The molecule has 0 fully saturated rings. The molecule has 0 bridgehead atoms. The van der Waals surface area contributed by atoms with E-state index in [1.165, 1.54) is 40.2 Å². The molecule has 2 aliphatic rings. The molecule has 0 radical (unpaired) electrons. The average Bonchev–Trinajstić information content (AvgIpc) is 3.08. The third-order valence-corrected chi connectivity index (χ3v) is 8.18. The lowest BCUT2D eigenvalue weighted by Gasteiger charge is -2.27. The van der Waals surface area contributed by atoms with E-state index in [0.29, 0.717) is 13.0 Å². The number of anilines is 1. The van der Waals surface area contributed by atoms with Crippen LogP contribution in [0.5, 0.6) is 0 Å². The van der Waals surface area contributed by atoms with Crippen molar-refractivity contribution in [2.24, 2.45) is 0 Å². The number of benzene rings is 2. The van der Waals surface area contributed by atoms with Gasteiger partial charge in [0.05, 0.1) is 11.2 Å². The third-order valence-electron chi connectivity index (χ3n) is 7.14. The summed E-state index contributed by atoms with van der Waals surface area (Å²) in [7, 11) is -0.850. The Hall–Kier alpha value is -2.66. The molecule has 4 nitrogen and oxygen atoms in total. The van der Waals surface area contributed by atoms with Crippen molar-refractivity contribution < 1.29 is 13.0 Å². The third kappa shape index (κ3) is 4.19. The molecule has 2 heterocycles. The van der Waals surface area contributed by atoms with E-state index >= 15 is 0 Å². The Labute approximate surface area is 198 Å². The summed E-state index contributed by atoms with van der Waals surface area (Å²) in [6.07, 6.45) is 8.50. The summed E-state index contributed by atoms with van der Waals surface area (Å²) in [5.41, 5.74) is 7.29. The summed E-state index contributed by atoms with van der Waals surface area (Å²) in [5.74, 6) is 0.199. The van der Waals surface area contributed by atoms with Gasteiger partial charge in [0.2, 0.25) is 5.69 Å². The fraction of sp³-hybridized carbons (Fsp3) is 0.393. The second-order valence-electron chi connectivity index (χ2n) is 10.3. The van der Waals surface area contributed by atoms with Gasteiger partial charge >= 0.3 is 0 Å². The van der Waals surface area contributed by atoms with Gasteiger partial charge in [0.25, 0.3) is 0 Å². The topological polar surface area (TPSA) is 40.4 Å². The lowest BCUT2D eigenvalue weighted by molar-refractivity contribution is -0.401. The highest BCUT2D eigenvalue weighted by Crippen LogP contribution is 2.47. The zero-order chi connectivity index (χ0) is 24.0. The monoisotopic (exact) mass is 463 g/mol. The van der Waals surface area contributed by atoms with Gasteiger partial charge in [-0.1, -0.05) is 56.3 Å². The number of fused-ring (bicyclic) bond motifs is 2. The molecule has 2 aromatic carbocycles. The average molecular weight is 464 g/mol. The molecule has 0 aromatic heterocycles. The molecule has 0 amide bonds. The molecule has 0 N–H and O–H groups in total. The highest BCUT2D eigenvalue weighted by atomic mass is 32.2. The van der Waals surface area contributed by atoms with Crippen LogP contribution in [0.4, 0.5) is 11.4 Å². The van der Waals surface area contributed by atoms with Crippen LogP contribution in [0.15, 0.2) is 72.5 Å². The molecule has 2 aromatic rings. The number of hydrogen-bond donors (Lipinski definition) is 0. The molecule has 0 spiro atoms. The predicted molar refractivity (Wildman–Crippen MR) is 139 cm³/mol. The minimum atomic E-state index is -2.98. The van der Waals surface area contributed by atoms with Gasteiger partial charge in [0.1, 0.15) is 16.9 Å². The zero-order valence-corrected chi connectivity index (χ0v) is 21.4. The second kappa shape index (κ2) is 8.28. The number of rotatable bonds is 6. The quantitative estimate of drug-likeness (QED) is 0.541. The highest BCUT2D eigenvalue weighted by Gasteiger charge is 2.43. The minimum Gasteiger partial charge on any atom is -0.344 e. The molecule has 0 saturated carbocycles. The van der Waals surface area contributed by atoms with Crippen LogP contribution in [-0.2, 0) is 20.7 Å². The molecular formula is C28H35N2O2S+. The second-order valence-corrected chi connectivity index (χ2v) is 12.5. The van der Waals surface area contributed by atoms with Gasteiger partial charge in [-0.2, -0.15) is 4.58 Å². The molecule has 4 rings (SSSR count). The van der Waals surface area contributed by atoms with Crippen molar-refractivity contribution in [2.45, 2.75) is 44.9 Å². The van der Waals surface area contributed by atoms with E-state index in [-0.39, 0.29) is 16.6 Å². The first-order valence-electron chi connectivity index (χ1n) is 11.6. The summed E-state index contributed by atoms with van der Waals surface area (Å²) in [6, 6.07) is 17.0. The number of hydrogen-bond acceptors (Lipinski definition) is 3. The SMILES string of the molecule is C[N+]1=C(/C=C/C=C2/N(CCCS(C)(=O)=O)c3ccccc3C2(C)C)C(C)(C)c2ccccc21. The Morgan fingerprint density at radius 1 is 0.939 bits per heavy atom. The number of allylic oxidation sites excluding steroid dienone is 4. The molecule has 5 heteroatoms. The van der Waals surface area contributed by atoms with E-state index in [9.17, 15) is 8.42 Å². The van der Waals surface area contributed by atoms with Crippen LogP contribution in [0.1, 0.15) is 45.2 Å².